The number of carbonyl (C=O) groups excluding carboxylic acids is 1. The Hall–Kier alpha value is -1.29. The Balaban J connectivity index is 0.00000112. The van der Waals surface area contributed by atoms with Gasteiger partial charge < -0.3 is 10.3 Å². The van der Waals surface area contributed by atoms with Gasteiger partial charge in [0.05, 0.1) is 0 Å². The molecule has 0 aliphatic carbocycles. The number of nitrogens with zero attached hydrogens (tertiary/aromatic N) is 1. The van der Waals surface area contributed by atoms with Crippen LogP contribution in [0.1, 0.15) is 17.4 Å². The monoisotopic (exact) mass is 268 g/mol. The van der Waals surface area contributed by atoms with E-state index in [9.17, 15) is 4.79 Å². The van der Waals surface area contributed by atoms with Gasteiger partial charge in [0.2, 0.25) is 0 Å². The Morgan fingerprint density at radius 2 is 2.07 bits per heavy atom. The van der Waals surface area contributed by atoms with Crippen molar-refractivity contribution in [1.82, 2.24) is 4.57 Å². The lowest BCUT2D eigenvalue weighted by atomic mass is 10.2. The summed E-state index contributed by atoms with van der Waals surface area (Å²) in [6, 6.07) is 9.72. The largest absolute Gasteiger partial charge is 0.364 e. The molecular weight excluding hydrogens is 256 g/mol. The zero-order valence-corrected chi connectivity index (χ0v) is 10.1. The minimum Gasteiger partial charge on any atom is -0.364 e. The van der Waals surface area contributed by atoms with Gasteiger partial charge >= 0.3 is 0 Å². The molecule has 1 amide bonds. The molecule has 0 atom stereocenters. The highest BCUT2D eigenvalue weighted by atomic mass is 79.9. The molecule has 0 bridgehead atoms. The SMILES string of the molecule is Br.CCn1c(C(N)=O)cc2ccccc21. The number of nitrogens with two attached hydrogens (primary N) is 1. The maximum Gasteiger partial charge on any atom is 0.265 e. The van der Waals surface area contributed by atoms with Gasteiger partial charge in [-0.2, -0.15) is 0 Å². The fourth-order valence-corrected chi connectivity index (χ4v) is 1.76. The normalized spacial score (nSPS) is 9.93. The maximum atomic E-state index is 11.2. The number of aryl methyl sites for hydroxylation is 1. The second kappa shape index (κ2) is 4.49. The number of hydrogen-bond acceptors (Lipinski definition) is 1. The number of aromatic nitrogens is 1. The molecule has 0 fully saturated rings. The van der Waals surface area contributed by atoms with Crippen LogP contribution in [0, 0.1) is 0 Å². The molecule has 0 aliphatic heterocycles. The van der Waals surface area contributed by atoms with E-state index in [0.29, 0.717) is 5.69 Å². The molecule has 0 radical (unpaired) electrons. The fourth-order valence-electron chi connectivity index (χ4n) is 1.76. The quantitative estimate of drug-likeness (QED) is 0.893. The number of hydrogen-bond donors (Lipinski definition) is 1. The molecule has 1 aromatic carbocycles. The van der Waals surface area contributed by atoms with Gasteiger partial charge in [-0.15, -0.1) is 17.0 Å². The fraction of sp³-hybridized carbons (Fsp3) is 0.182. The van der Waals surface area contributed by atoms with Gasteiger partial charge in [0.15, 0.2) is 0 Å². The van der Waals surface area contributed by atoms with E-state index in [0.717, 1.165) is 17.4 Å². The van der Waals surface area contributed by atoms with Crippen LogP contribution in [0.3, 0.4) is 0 Å². The van der Waals surface area contributed by atoms with E-state index in [1.165, 1.54) is 0 Å². The Labute approximate surface area is 98.6 Å². The van der Waals surface area contributed by atoms with Crippen LogP contribution in [0.5, 0.6) is 0 Å². The number of amides is 1. The molecule has 80 valence electrons. The summed E-state index contributed by atoms with van der Waals surface area (Å²) in [5, 5.41) is 1.06. The van der Waals surface area contributed by atoms with Gasteiger partial charge in [0, 0.05) is 17.4 Å². The van der Waals surface area contributed by atoms with Crippen LogP contribution in [0.15, 0.2) is 30.3 Å². The zero-order chi connectivity index (χ0) is 10.1. The first-order valence-electron chi connectivity index (χ1n) is 4.62. The lowest BCUT2D eigenvalue weighted by molar-refractivity contribution is 0.0992. The van der Waals surface area contributed by atoms with Crippen LogP contribution in [0.2, 0.25) is 0 Å². The highest BCUT2D eigenvalue weighted by Crippen LogP contribution is 2.19. The van der Waals surface area contributed by atoms with Gasteiger partial charge in [0.1, 0.15) is 5.69 Å². The summed E-state index contributed by atoms with van der Waals surface area (Å²) in [4.78, 5) is 11.2. The number of halogens is 1. The Morgan fingerprint density at radius 1 is 1.40 bits per heavy atom. The highest BCUT2D eigenvalue weighted by molar-refractivity contribution is 8.93. The summed E-state index contributed by atoms with van der Waals surface area (Å²) in [6.45, 7) is 2.75. The summed E-state index contributed by atoms with van der Waals surface area (Å²) < 4.78 is 1.93. The first kappa shape index (κ1) is 11.8. The molecule has 0 unspecified atom stereocenters. The predicted molar refractivity (Wildman–Crippen MR) is 66.5 cm³/mol. The minimum absolute atomic E-state index is 0. The summed E-state index contributed by atoms with van der Waals surface area (Å²) >= 11 is 0. The number of para-hydroxylation sites is 1. The topological polar surface area (TPSA) is 48.0 Å². The smallest absolute Gasteiger partial charge is 0.265 e. The van der Waals surface area contributed by atoms with Crippen molar-refractivity contribution >= 4 is 33.8 Å². The van der Waals surface area contributed by atoms with Gasteiger partial charge in [-0.3, -0.25) is 4.79 Å². The van der Waals surface area contributed by atoms with Crippen molar-refractivity contribution in [2.75, 3.05) is 0 Å². The molecule has 0 saturated heterocycles. The predicted octanol–water partition coefficient (Wildman–Crippen LogP) is 2.34. The Morgan fingerprint density at radius 3 is 2.67 bits per heavy atom. The van der Waals surface area contributed by atoms with E-state index in [1.54, 1.807) is 0 Å². The molecule has 2 rings (SSSR count). The van der Waals surface area contributed by atoms with Gasteiger partial charge in [-0.05, 0) is 19.1 Å². The van der Waals surface area contributed by atoms with Crippen molar-refractivity contribution in [3.63, 3.8) is 0 Å². The van der Waals surface area contributed by atoms with E-state index in [4.69, 9.17) is 5.73 Å². The van der Waals surface area contributed by atoms with Crippen molar-refractivity contribution < 1.29 is 4.79 Å². The third-order valence-corrected chi connectivity index (χ3v) is 2.38. The van der Waals surface area contributed by atoms with Crippen LogP contribution in [-0.4, -0.2) is 10.5 Å². The molecule has 0 spiro atoms. The number of benzene rings is 1. The molecule has 1 heterocycles. The summed E-state index contributed by atoms with van der Waals surface area (Å²) in [7, 11) is 0. The van der Waals surface area contributed by atoms with Crippen LogP contribution < -0.4 is 5.73 Å². The third kappa shape index (κ3) is 1.90. The van der Waals surface area contributed by atoms with E-state index >= 15 is 0 Å². The maximum absolute atomic E-state index is 11.2. The zero-order valence-electron chi connectivity index (χ0n) is 8.43. The molecule has 0 aliphatic rings. The molecule has 2 N–H and O–H groups in total. The summed E-state index contributed by atoms with van der Waals surface area (Å²) in [6.07, 6.45) is 0. The molecule has 15 heavy (non-hydrogen) atoms. The van der Waals surface area contributed by atoms with E-state index in [-0.39, 0.29) is 22.9 Å². The van der Waals surface area contributed by atoms with Crippen molar-refractivity contribution in [3.05, 3.63) is 36.0 Å². The summed E-state index contributed by atoms with van der Waals surface area (Å²) in [5.74, 6) is -0.372. The number of fused-ring (bicyclic) bond motifs is 1. The Bertz CT molecular complexity index is 490. The standard InChI is InChI=1S/C11H12N2O.BrH/c1-2-13-9-6-4-3-5-8(9)7-10(13)11(12)14;/h3-7H,2H2,1H3,(H2,12,14);1H. The van der Waals surface area contributed by atoms with Gasteiger partial charge in [-0.1, -0.05) is 18.2 Å². The second-order valence-corrected chi connectivity index (χ2v) is 3.20. The van der Waals surface area contributed by atoms with Crippen LogP contribution in [0.4, 0.5) is 0 Å². The Kier molecular flexibility index (Phi) is 3.52. The first-order valence-corrected chi connectivity index (χ1v) is 4.62. The average Bonchev–Trinajstić information content (AvgIpc) is 2.56. The van der Waals surface area contributed by atoms with Crippen molar-refractivity contribution in [2.24, 2.45) is 5.73 Å². The van der Waals surface area contributed by atoms with Crippen LogP contribution in [-0.2, 0) is 6.54 Å². The molecule has 0 saturated carbocycles. The molecule has 3 nitrogen and oxygen atoms in total. The van der Waals surface area contributed by atoms with Crippen molar-refractivity contribution in [3.8, 4) is 0 Å². The van der Waals surface area contributed by atoms with Crippen molar-refractivity contribution in [2.45, 2.75) is 13.5 Å². The lowest BCUT2D eigenvalue weighted by Crippen LogP contribution is -2.16. The average molecular weight is 269 g/mol. The minimum atomic E-state index is -0.372. The van der Waals surface area contributed by atoms with E-state index < -0.39 is 0 Å². The second-order valence-electron chi connectivity index (χ2n) is 3.20. The van der Waals surface area contributed by atoms with Gasteiger partial charge in [-0.25, -0.2) is 0 Å². The lowest BCUT2D eigenvalue weighted by Gasteiger charge is -2.03. The number of carbonyl (C=O) groups is 1. The van der Waals surface area contributed by atoms with Crippen LogP contribution in [0.25, 0.3) is 10.9 Å². The number of rotatable bonds is 2. The molecular formula is C11H13BrN2O. The first-order chi connectivity index (χ1) is 6.74. The van der Waals surface area contributed by atoms with E-state index in [1.807, 2.05) is 41.8 Å². The van der Waals surface area contributed by atoms with Crippen molar-refractivity contribution in [1.29, 1.82) is 0 Å². The molecule has 1 aromatic heterocycles. The number of primary amides is 1. The highest BCUT2D eigenvalue weighted by Gasteiger charge is 2.10. The van der Waals surface area contributed by atoms with Crippen LogP contribution >= 0.6 is 17.0 Å². The summed E-state index contributed by atoms with van der Waals surface area (Å²) in [5.41, 5.74) is 6.93. The molecule has 2 aromatic rings. The third-order valence-electron chi connectivity index (χ3n) is 2.38. The van der Waals surface area contributed by atoms with E-state index in [2.05, 4.69) is 0 Å². The molecule has 4 heteroatoms. The van der Waals surface area contributed by atoms with Gasteiger partial charge in [0.25, 0.3) is 5.91 Å².